The molecule has 0 aromatic carbocycles. The van der Waals surface area contributed by atoms with Crippen LogP contribution in [0.25, 0.3) is 0 Å². The van der Waals surface area contributed by atoms with E-state index in [0.717, 1.165) is 26.2 Å². The van der Waals surface area contributed by atoms with E-state index in [4.69, 9.17) is 0 Å². The number of nitrogens with one attached hydrogen (secondary N) is 2. The lowest BCUT2D eigenvalue weighted by Crippen LogP contribution is -2.48. The van der Waals surface area contributed by atoms with E-state index in [-0.39, 0.29) is 0 Å². The lowest BCUT2D eigenvalue weighted by molar-refractivity contribution is 0.194. The summed E-state index contributed by atoms with van der Waals surface area (Å²) in [7, 11) is 0. The van der Waals surface area contributed by atoms with E-state index in [1.165, 1.54) is 0 Å². The summed E-state index contributed by atoms with van der Waals surface area (Å²) in [6, 6.07) is 0. The first-order valence-electron chi connectivity index (χ1n) is 2.77. The molecule has 4 heteroatoms. The zero-order valence-electron chi connectivity index (χ0n) is 4.68. The second-order valence-corrected chi connectivity index (χ2v) is 1.83. The second kappa shape index (κ2) is 2.99. The molecule has 0 aliphatic carbocycles. The van der Waals surface area contributed by atoms with Gasteiger partial charge in [-0.25, -0.2) is 0 Å². The van der Waals surface area contributed by atoms with E-state index in [1.54, 1.807) is 5.01 Å². The van der Waals surface area contributed by atoms with Gasteiger partial charge in [-0.15, -0.1) is 0 Å². The molecule has 4 nitrogen and oxygen atoms in total. The predicted octanol–water partition coefficient (Wildman–Crippen LogP) is -1.11. The normalized spacial score (nSPS) is 23.6. The molecule has 0 unspecified atom stereocenters. The molecule has 0 radical (unpaired) electrons. The van der Waals surface area contributed by atoms with E-state index in [0.29, 0.717) is 0 Å². The van der Waals surface area contributed by atoms with Gasteiger partial charge in [-0.2, -0.15) is 0 Å². The van der Waals surface area contributed by atoms with Crippen LogP contribution in [0.2, 0.25) is 0 Å². The molecule has 0 atom stereocenters. The van der Waals surface area contributed by atoms with E-state index in [9.17, 15) is 5.21 Å². The van der Waals surface area contributed by atoms with Crippen molar-refractivity contribution in [3.8, 4) is 0 Å². The van der Waals surface area contributed by atoms with E-state index in [1.807, 2.05) is 5.59 Å². The molecule has 2 N–H and O–H groups in total. The number of hydrazine groups is 1. The zero-order chi connectivity index (χ0) is 5.82. The van der Waals surface area contributed by atoms with Crippen molar-refractivity contribution >= 4 is 0 Å². The fourth-order valence-corrected chi connectivity index (χ4v) is 0.756. The minimum absolute atomic E-state index is 0.809. The topological polar surface area (TPSA) is 50.4 Å². The Labute approximate surface area is 48.4 Å². The lowest BCUT2D eigenvalue weighted by Gasteiger charge is -2.30. The third kappa shape index (κ3) is 1.41. The van der Waals surface area contributed by atoms with Crippen molar-refractivity contribution in [2.45, 2.75) is 0 Å². The highest BCUT2D eigenvalue weighted by molar-refractivity contribution is 4.63. The molecule has 0 spiro atoms. The minimum Gasteiger partial charge on any atom is -0.774 e. The van der Waals surface area contributed by atoms with E-state index in [2.05, 4.69) is 5.32 Å². The summed E-state index contributed by atoms with van der Waals surface area (Å²) in [5.74, 6) is 0. The Kier molecular flexibility index (Phi) is 2.23. The third-order valence-corrected chi connectivity index (χ3v) is 1.25. The fraction of sp³-hybridized carbons (Fsp3) is 1.00. The molecule has 1 rings (SSSR count). The summed E-state index contributed by atoms with van der Waals surface area (Å²) in [6.07, 6.45) is 0. The first-order valence-corrected chi connectivity index (χ1v) is 2.77. The van der Waals surface area contributed by atoms with Crippen LogP contribution in [-0.4, -0.2) is 31.2 Å². The molecule has 0 saturated carbocycles. The highest BCUT2D eigenvalue weighted by Gasteiger charge is 2.02. The van der Waals surface area contributed by atoms with Gasteiger partial charge in [0, 0.05) is 26.2 Å². The minimum atomic E-state index is 0.809. The first kappa shape index (κ1) is 5.97. The average Bonchev–Trinajstić information content (AvgIpc) is 1.90. The maximum Gasteiger partial charge on any atom is 0.0247 e. The Morgan fingerprint density at radius 1 is 1.38 bits per heavy atom. The molecule has 0 bridgehead atoms. The average molecular weight is 116 g/mol. The smallest absolute Gasteiger partial charge is 0.0247 e. The molecular formula is C4H10N3O-. The van der Waals surface area contributed by atoms with Gasteiger partial charge >= 0.3 is 0 Å². The fourth-order valence-electron chi connectivity index (χ4n) is 0.756. The van der Waals surface area contributed by atoms with Crippen LogP contribution in [0, 0.1) is 5.21 Å². The number of hydrogen-bond acceptors (Lipinski definition) is 4. The number of nitrogens with zero attached hydrogens (tertiary/aromatic N) is 1. The van der Waals surface area contributed by atoms with Gasteiger partial charge in [-0.3, -0.25) is 5.01 Å². The van der Waals surface area contributed by atoms with Gasteiger partial charge in [0.05, 0.1) is 0 Å². The summed E-state index contributed by atoms with van der Waals surface area (Å²) >= 11 is 0. The Balaban J connectivity index is 2.13. The molecule has 1 aliphatic rings. The summed E-state index contributed by atoms with van der Waals surface area (Å²) in [4.78, 5) is 0. The number of piperazine rings is 1. The quantitative estimate of drug-likeness (QED) is 0.427. The van der Waals surface area contributed by atoms with Crippen LogP contribution in [0.3, 0.4) is 0 Å². The standard InChI is InChI=1S/C4H10N3O/c8-6-7-3-1-5-2-4-7/h5-6H,1-4H2/q-1. The maximum absolute atomic E-state index is 9.93. The number of rotatable bonds is 1. The van der Waals surface area contributed by atoms with Crippen molar-refractivity contribution in [3.63, 3.8) is 0 Å². The highest BCUT2D eigenvalue weighted by atomic mass is 16.5. The van der Waals surface area contributed by atoms with Crippen LogP contribution in [0.5, 0.6) is 0 Å². The highest BCUT2D eigenvalue weighted by Crippen LogP contribution is 1.83. The molecule has 1 fully saturated rings. The zero-order valence-corrected chi connectivity index (χ0v) is 4.68. The SMILES string of the molecule is [O-]NN1CCNCC1. The van der Waals surface area contributed by atoms with Crippen molar-refractivity contribution in [1.82, 2.24) is 15.9 Å². The molecule has 0 aromatic rings. The Bertz CT molecular complexity index is 62.3. The van der Waals surface area contributed by atoms with Gasteiger partial charge in [0.15, 0.2) is 0 Å². The van der Waals surface area contributed by atoms with Gasteiger partial charge in [-0.1, -0.05) is 0 Å². The molecule has 48 valence electrons. The van der Waals surface area contributed by atoms with Crippen LogP contribution in [0.1, 0.15) is 0 Å². The van der Waals surface area contributed by atoms with E-state index >= 15 is 0 Å². The monoisotopic (exact) mass is 116 g/mol. The van der Waals surface area contributed by atoms with Gasteiger partial charge in [-0.05, 0) is 0 Å². The first-order chi connectivity index (χ1) is 3.93. The van der Waals surface area contributed by atoms with Crippen LogP contribution in [0.15, 0.2) is 0 Å². The summed E-state index contributed by atoms with van der Waals surface area (Å²) in [5.41, 5.74) is 1.85. The van der Waals surface area contributed by atoms with Crippen molar-refractivity contribution in [1.29, 1.82) is 0 Å². The molecular weight excluding hydrogens is 106 g/mol. The molecule has 1 saturated heterocycles. The van der Waals surface area contributed by atoms with Crippen molar-refractivity contribution in [3.05, 3.63) is 5.21 Å². The van der Waals surface area contributed by atoms with Gasteiger partial charge < -0.3 is 16.1 Å². The Morgan fingerprint density at radius 3 is 2.38 bits per heavy atom. The van der Waals surface area contributed by atoms with Gasteiger partial charge in [0.2, 0.25) is 0 Å². The van der Waals surface area contributed by atoms with Gasteiger partial charge in [0.25, 0.3) is 0 Å². The Morgan fingerprint density at radius 2 is 2.00 bits per heavy atom. The second-order valence-electron chi connectivity index (χ2n) is 1.83. The van der Waals surface area contributed by atoms with Crippen molar-refractivity contribution in [2.24, 2.45) is 0 Å². The van der Waals surface area contributed by atoms with Gasteiger partial charge in [0.1, 0.15) is 0 Å². The van der Waals surface area contributed by atoms with E-state index < -0.39 is 0 Å². The lowest BCUT2D eigenvalue weighted by atomic mass is 10.4. The molecule has 0 amide bonds. The molecule has 1 heterocycles. The van der Waals surface area contributed by atoms with Crippen LogP contribution in [0.4, 0.5) is 0 Å². The van der Waals surface area contributed by atoms with Crippen LogP contribution < -0.4 is 10.9 Å². The summed E-state index contributed by atoms with van der Waals surface area (Å²) < 4.78 is 0. The molecule has 8 heavy (non-hydrogen) atoms. The Hall–Kier alpha value is -0.160. The van der Waals surface area contributed by atoms with Crippen molar-refractivity contribution < 1.29 is 0 Å². The third-order valence-electron chi connectivity index (χ3n) is 1.25. The number of hydrogen-bond donors (Lipinski definition) is 2. The van der Waals surface area contributed by atoms with Crippen LogP contribution in [-0.2, 0) is 0 Å². The molecule has 0 aromatic heterocycles. The summed E-state index contributed by atoms with van der Waals surface area (Å²) in [6.45, 7) is 3.44. The predicted molar refractivity (Wildman–Crippen MR) is 30.9 cm³/mol. The summed E-state index contributed by atoms with van der Waals surface area (Å²) in [5, 5.41) is 14.7. The van der Waals surface area contributed by atoms with Crippen LogP contribution >= 0.6 is 0 Å². The maximum atomic E-state index is 9.93. The largest absolute Gasteiger partial charge is 0.774 e. The molecule has 1 aliphatic heterocycles. The van der Waals surface area contributed by atoms with Crippen molar-refractivity contribution in [2.75, 3.05) is 26.2 Å².